The smallest absolute Gasteiger partial charge is 0.246 e. The minimum absolute atomic E-state index is 0.0546. The van der Waals surface area contributed by atoms with Crippen LogP contribution in [-0.2, 0) is 4.79 Å². The van der Waals surface area contributed by atoms with Gasteiger partial charge in [-0.15, -0.1) is 0 Å². The summed E-state index contributed by atoms with van der Waals surface area (Å²) in [6, 6.07) is 0.321. The fraction of sp³-hybridized carbons (Fsp3) is 0.727. The molecule has 0 bridgehead atoms. The average molecular weight is 213 g/mol. The van der Waals surface area contributed by atoms with E-state index in [1.54, 1.807) is 11.0 Å². The van der Waals surface area contributed by atoms with Crippen molar-refractivity contribution in [1.82, 2.24) is 15.1 Å². The summed E-state index contributed by atoms with van der Waals surface area (Å²) in [5, 5.41) is 3.10. The maximum absolute atomic E-state index is 11.6. The van der Waals surface area contributed by atoms with E-state index in [0.717, 1.165) is 13.1 Å². The zero-order valence-electron chi connectivity index (χ0n) is 10.4. The Hall–Kier alpha value is -0.870. The molecular weight excluding hydrogens is 190 g/mol. The van der Waals surface area contributed by atoms with E-state index in [-0.39, 0.29) is 5.91 Å². The van der Waals surface area contributed by atoms with Crippen LogP contribution in [0.5, 0.6) is 0 Å². The van der Waals surface area contributed by atoms with Crippen LogP contribution in [0.1, 0.15) is 6.92 Å². The maximum Gasteiger partial charge on any atom is 0.246 e. The molecule has 4 nitrogen and oxygen atoms in total. The normalized spacial score (nSPS) is 13.5. The van der Waals surface area contributed by atoms with E-state index in [4.69, 9.17) is 0 Å². The van der Waals surface area contributed by atoms with Crippen molar-refractivity contribution in [2.75, 3.05) is 41.3 Å². The molecule has 0 heterocycles. The van der Waals surface area contributed by atoms with Crippen LogP contribution in [-0.4, -0.2) is 63.0 Å². The van der Waals surface area contributed by atoms with Crippen LogP contribution in [0.3, 0.4) is 0 Å². The minimum Gasteiger partial charge on any atom is -0.341 e. The predicted molar refractivity (Wildman–Crippen MR) is 63.9 cm³/mol. The summed E-state index contributed by atoms with van der Waals surface area (Å²) in [6.07, 6.45) is 3.51. The number of amides is 1. The van der Waals surface area contributed by atoms with Gasteiger partial charge in [0, 0.05) is 32.3 Å². The minimum atomic E-state index is 0.0546. The molecule has 88 valence electrons. The highest BCUT2D eigenvalue weighted by molar-refractivity contribution is 5.87. The second kappa shape index (κ2) is 7.43. The first kappa shape index (κ1) is 14.1. The zero-order chi connectivity index (χ0) is 11.8. The van der Waals surface area contributed by atoms with Gasteiger partial charge in [0.2, 0.25) is 5.91 Å². The first-order valence-electron chi connectivity index (χ1n) is 5.21. The fourth-order valence-corrected chi connectivity index (χ4v) is 1.08. The SMILES string of the molecule is CNC(C)CN(C)C(=O)/C=C/CN(C)C. The van der Waals surface area contributed by atoms with E-state index in [2.05, 4.69) is 5.32 Å². The van der Waals surface area contributed by atoms with Crippen molar-refractivity contribution in [3.8, 4) is 0 Å². The number of nitrogens with zero attached hydrogens (tertiary/aromatic N) is 2. The van der Waals surface area contributed by atoms with E-state index < -0.39 is 0 Å². The second-order valence-corrected chi connectivity index (χ2v) is 4.07. The molecule has 0 aromatic rings. The van der Waals surface area contributed by atoms with Crippen molar-refractivity contribution in [3.05, 3.63) is 12.2 Å². The first-order chi connectivity index (χ1) is 6.97. The van der Waals surface area contributed by atoms with Gasteiger partial charge in [-0.2, -0.15) is 0 Å². The van der Waals surface area contributed by atoms with Crippen LogP contribution in [0.2, 0.25) is 0 Å². The molecule has 15 heavy (non-hydrogen) atoms. The van der Waals surface area contributed by atoms with E-state index in [1.807, 2.05) is 46.1 Å². The molecule has 0 saturated heterocycles. The molecule has 0 aliphatic heterocycles. The topological polar surface area (TPSA) is 35.6 Å². The Morgan fingerprint density at radius 1 is 1.40 bits per heavy atom. The quantitative estimate of drug-likeness (QED) is 0.639. The van der Waals surface area contributed by atoms with E-state index in [9.17, 15) is 4.79 Å². The largest absolute Gasteiger partial charge is 0.341 e. The first-order valence-corrected chi connectivity index (χ1v) is 5.21. The summed E-state index contributed by atoms with van der Waals surface area (Å²) in [4.78, 5) is 15.3. The average Bonchev–Trinajstić information content (AvgIpc) is 2.16. The van der Waals surface area contributed by atoms with Gasteiger partial charge < -0.3 is 15.1 Å². The Bertz CT molecular complexity index is 214. The number of carbonyl (C=O) groups is 1. The van der Waals surface area contributed by atoms with Gasteiger partial charge >= 0.3 is 0 Å². The molecule has 0 aliphatic carbocycles. The highest BCUT2D eigenvalue weighted by atomic mass is 16.2. The third kappa shape index (κ3) is 7.11. The monoisotopic (exact) mass is 213 g/mol. The molecule has 0 aromatic heterocycles. The van der Waals surface area contributed by atoms with Crippen molar-refractivity contribution in [2.45, 2.75) is 13.0 Å². The molecule has 1 atom stereocenters. The van der Waals surface area contributed by atoms with Crippen molar-refractivity contribution < 1.29 is 4.79 Å². The summed E-state index contributed by atoms with van der Waals surface area (Å²) >= 11 is 0. The number of hydrogen-bond donors (Lipinski definition) is 1. The van der Waals surface area contributed by atoms with Crippen LogP contribution in [0, 0.1) is 0 Å². The summed E-state index contributed by atoms with van der Waals surface area (Å²) in [5.41, 5.74) is 0. The second-order valence-electron chi connectivity index (χ2n) is 4.07. The lowest BCUT2D eigenvalue weighted by Gasteiger charge is -2.19. The molecule has 0 aliphatic rings. The number of likely N-dealkylation sites (N-methyl/N-ethyl adjacent to an activating group) is 3. The molecule has 0 saturated carbocycles. The molecule has 4 heteroatoms. The molecule has 0 radical (unpaired) electrons. The molecule has 0 aromatic carbocycles. The number of hydrogen-bond acceptors (Lipinski definition) is 3. The van der Waals surface area contributed by atoms with Gasteiger partial charge in [0.1, 0.15) is 0 Å². The molecular formula is C11H23N3O. The Morgan fingerprint density at radius 3 is 2.47 bits per heavy atom. The molecule has 1 N–H and O–H groups in total. The van der Waals surface area contributed by atoms with Crippen LogP contribution in [0.25, 0.3) is 0 Å². The van der Waals surface area contributed by atoms with Gasteiger partial charge in [0.25, 0.3) is 0 Å². The van der Waals surface area contributed by atoms with Crippen LogP contribution < -0.4 is 5.32 Å². The van der Waals surface area contributed by atoms with Gasteiger partial charge in [0.15, 0.2) is 0 Å². The molecule has 0 fully saturated rings. The van der Waals surface area contributed by atoms with Crippen LogP contribution in [0.15, 0.2) is 12.2 Å². The lowest BCUT2D eigenvalue weighted by molar-refractivity contribution is -0.125. The van der Waals surface area contributed by atoms with Gasteiger partial charge in [-0.05, 0) is 28.1 Å². The Kier molecular flexibility index (Phi) is 6.99. The van der Waals surface area contributed by atoms with Gasteiger partial charge in [-0.25, -0.2) is 0 Å². The van der Waals surface area contributed by atoms with Crippen molar-refractivity contribution >= 4 is 5.91 Å². The zero-order valence-corrected chi connectivity index (χ0v) is 10.4. The lowest BCUT2D eigenvalue weighted by atomic mass is 10.3. The molecule has 0 spiro atoms. The number of rotatable bonds is 6. The summed E-state index contributed by atoms with van der Waals surface area (Å²) < 4.78 is 0. The van der Waals surface area contributed by atoms with Gasteiger partial charge in [0.05, 0.1) is 0 Å². The van der Waals surface area contributed by atoms with E-state index in [0.29, 0.717) is 6.04 Å². The molecule has 0 rings (SSSR count). The maximum atomic E-state index is 11.6. The summed E-state index contributed by atoms with van der Waals surface area (Å²) in [6.45, 7) is 3.57. The van der Waals surface area contributed by atoms with E-state index in [1.165, 1.54) is 0 Å². The van der Waals surface area contributed by atoms with Gasteiger partial charge in [-0.3, -0.25) is 4.79 Å². The number of carbonyl (C=O) groups excluding carboxylic acids is 1. The molecule has 1 unspecified atom stereocenters. The van der Waals surface area contributed by atoms with Crippen LogP contribution >= 0.6 is 0 Å². The summed E-state index contributed by atoms with van der Waals surface area (Å²) in [7, 11) is 7.66. The Labute approximate surface area is 92.9 Å². The molecule has 1 amide bonds. The van der Waals surface area contributed by atoms with Gasteiger partial charge in [-0.1, -0.05) is 6.08 Å². The fourth-order valence-electron chi connectivity index (χ4n) is 1.08. The Balaban J connectivity index is 3.93. The standard InChI is InChI=1S/C11H23N3O/c1-10(12-2)9-14(5)11(15)7-6-8-13(3)4/h6-7,10,12H,8-9H2,1-5H3/b7-6+. The summed E-state index contributed by atoms with van der Waals surface area (Å²) in [5.74, 6) is 0.0546. The third-order valence-electron chi connectivity index (χ3n) is 2.15. The van der Waals surface area contributed by atoms with Crippen molar-refractivity contribution in [2.24, 2.45) is 0 Å². The highest BCUT2D eigenvalue weighted by Gasteiger charge is 2.07. The van der Waals surface area contributed by atoms with E-state index >= 15 is 0 Å². The lowest BCUT2D eigenvalue weighted by Crippen LogP contribution is -2.38. The van der Waals surface area contributed by atoms with Crippen molar-refractivity contribution in [3.63, 3.8) is 0 Å². The van der Waals surface area contributed by atoms with Crippen molar-refractivity contribution in [1.29, 1.82) is 0 Å². The third-order valence-corrected chi connectivity index (χ3v) is 2.15. The van der Waals surface area contributed by atoms with Crippen LogP contribution in [0.4, 0.5) is 0 Å². The highest BCUT2D eigenvalue weighted by Crippen LogP contribution is 1.91. The Morgan fingerprint density at radius 2 is 2.00 bits per heavy atom. The predicted octanol–water partition coefficient (Wildman–Crippen LogP) is 0.171. The number of nitrogens with one attached hydrogen (secondary N) is 1.